The van der Waals surface area contributed by atoms with Crippen molar-refractivity contribution in [3.63, 3.8) is 0 Å². The summed E-state index contributed by atoms with van der Waals surface area (Å²) in [7, 11) is 0. The predicted molar refractivity (Wildman–Crippen MR) is 101 cm³/mol. The molecule has 0 radical (unpaired) electrons. The Morgan fingerprint density at radius 1 is 0.853 bits per heavy atom. The Balaban J connectivity index is 1.80. The number of amides is 4. The summed E-state index contributed by atoms with van der Waals surface area (Å²) in [5, 5.41) is 0.556. The molecule has 186 valence electrons. The molecule has 2 heterocycles. The van der Waals surface area contributed by atoms with E-state index in [0.29, 0.717) is 0 Å². The van der Waals surface area contributed by atoms with Gasteiger partial charge in [-0.15, -0.1) is 10.1 Å². The zero-order chi connectivity index (χ0) is 25.6. The molecule has 2 rings (SSSR count). The second kappa shape index (κ2) is 10.7. The molecule has 34 heavy (non-hydrogen) atoms. The van der Waals surface area contributed by atoms with Crippen molar-refractivity contribution in [2.75, 3.05) is 6.61 Å². The summed E-state index contributed by atoms with van der Waals surface area (Å²) >= 11 is 0. The number of esters is 1. The molecule has 2 aliphatic rings. The van der Waals surface area contributed by atoms with E-state index in [2.05, 4.69) is 14.4 Å². The van der Waals surface area contributed by atoms with Gasteiger partial charge < -0.3 is 23.9 Å². The van der Waals surface area contributed by atoms with Crippen molar-refractivity contribution >= 4 is 47.7 Å². The molecule has 4 amide bonds. The molecule has 0 saturated carbocycles. The number of ether oxygens (including phenoxy) is 3. The number of hydrogen-bond acceptors (Lipinski definition) is 13. The van der Waals surface area contributed by atoms with Crippen LogP contribution in [0.15, 0.2) is 0 Å². The standard InChI is InChI=1S/C19H22N2O13/c1-4-10(16(27)33-20-11(22)5-6-12(20)23)31-15(26)9-30-18(29)32-19(2,3)17(28)34-21-13(24)7-8-14(21)25/h10H,4-9H2,1-3H3. The molecule has 0 aromatic heterocycles. The van der Waals surface area contributed by atoms with Crippen LogP contribution in [0.1, 0.15) is 52.9 Å². The Morgan fingerprint density at radius 2 is 1.32 bits per heavy atom. The SMILES string of the molecule is CCC(OC(=O)COC(=O)OC(C)(C)C(=O)ON1C(=O)CCC1=O)C(=O)ON1C(=O)CCC1=O. The number of carbonyl (C=O) groups excluding carboxylic acids is 8. The quantitative estimate of drug-likeness (QED) is 0.298. The number of imide groups is 2. The van der Waals surface area contributed by atoms with Crippen LogP contribution in [0.25, 0.3) is 0 Å². The molecular weight excluding hydrogens is 464 g/mol. The van der Waals surface area contributed by atoms with Gasteiger partial charge in [0.1, 0.15) is 0 Å². The molecule has 0 aromatic rings. The average Bonchev–Trinajstić information content (AvgIpc) is 3.25. The topological polar surface area (TPSA) is 189 Å². The highest BCUT2D eigenvalue weighted by Gasteiger charge is 2.41. The van der Waals surface area contributed by atoms with E-state index in [0.717, 1.165) is 13.8 Å². The van der Waals surface area contributed by atoms with Gasteiger partial charge in [0, 0.05) is 25.7 Å². The maximum absolute atomic E-state index is 12.1. The van der Waals surface area contributed by atoms with E-state index in [9.17, 15) is 38.4 Å². The van der Waals surface area contributed by atoms with Gasteiger partial charge >= 0.3 is 24.1 Å². The van der Waals surface area contributed by atoms with Crippen LogP contribution in [-0.2, 0) is 57.4 Å². The molecule has 0 spiro atoms. The maximum atomic E-state index is 12.1. The summed E-state index contributed by atoms with van der Waals surface area (Å²) in [4.78, 5) is 103. The number of hydrogen-bond donors (Lipinski definition) is 0. The number of rotatable bonds is 9. The van der Waals surface area contributed by atoms with Crippen LogP contribution in [-0.4, -0.2) is 76.1 Å². The largest absolute Gasteiger partial charge is 0.509 e. The van der Waals surface area contributed by atoms with E-state index in [-0.39, 0.29) is 42.2 Å². The number of hydroxylamine groups is 4. The van der Waals surface area contributed by atoms with Crippen molar-refractivity contribution in [2.24, 2.45) is 0 Å². The van der Waals surface area contributed by atoms with E-state index in [1.807, 2.05) is 0 Å². The molecule has 2 aliphatic heterocycles. The van der Waals surface area contributed by atoms with Crippen molar-refractivity contribution in [3.8, 4) is 0 Å². The van der Waals surface area contributed by atoms with Gasteiger partial charge in [0.05, 0.1) is 0 Å². The molecule has 1 atom stereocenters. The van der Waals surface area contributed by atoms with Crippen molar-refractivity contribution in [2.45, 2.75) is 64.6 Å². The van der Waals surface area contributed by atoms with E-state index >= 15 is 0 Å². The lowest BCUT2D eigenvalue weighted by molar-refractivity contribution is -0.209. The summed E-state index contributed by atoms with van der Waals surface area (Å²) in [6, 6.07) is 0. The fourth-order valence-corrected chi connectivity index (χ4v) is 2.55. The first-order chi connectivity index (χ1) is 15.9. The van der Waals surface area contributed by atoms with Gasteiger partial charge in [-0.25, -0.2) is 19.2 Å². The molecular formula is C19H22N2O13. The highest BCUT2D eigenvalue weighted by Crippen LogP contribution is 2.18. The molecule has 0 aliphatic carbocycles. The van der Waals surface area contributed by atoms with Crippen LogP contribution in [0.3, 0.4) is 0 Å². The lowest BCUT2D eigenvalue weighted by atomic mass is 10.1. The van der Waals surface area contributed by atoms with Crippen molar-refractivity contribution in [1.29, 1.82) is 0 Å². The zero-order valence-electron chi connectivity index (χ0n) is 18.5. The number of carbonyl (C=O) groups is 8. The lowest BCUT2D eigenvalue weighted by Gasteiger charge is -2.24. The van der Waals surface area contributed by atoms with Crippen LogP contribution < -0.4 is 0 Å². The van der Waals surface area contributed by atoms with Crippen molar-refractivity contribution in [1.82, 2.24) is 10.1 Å². The zero-order valence-corrected chi connectivity index (χ0v) is 18.5. The Kier molecular flexibility index (Phi) is 8.26. The second-order valence-electron chi connectivity index (χ2n) is 7.49. The average molecular weight is 486 g/mol. The van der Waals surface area contributed by atoms with Gasteiger partial charge in [0.15, 0.2) is 6.61 Å². The summed E-state index contributed by atoms with van der Waals surface area (Å²) in [5.74, 6) is -6.54. The molecule has 2 saturated heterocycles. The first-order valence-electron chi connectivity index (χ1n) is 10.1. The number of nitrogens with zero attached hydrogens (tertiary/aromatic N) is 2. The first kappa shape index (κ1) is 26.2. The minimum absolute atomic E-state index is 0.0853. The minimum Gasteiger partial charge on any atom is -0.448 e. The summed E-state index contributed by atoms with van der Waals surface area (Å²) in [6.45, 7) is 2.60. The van der Waals surface area contributed by atoms with Gasteiger partial charge in [0.2, 0.25) is 11.7 Å². The third-order valence-electron chi connectivity index (χ3n) is 4.41. The van der Waals surface area contributed by atoms with Crippen LogP contribution in [0.5, 0.6) is 0 Å². The molecule has 2 fully saturated rings. The first-order valence-corrected chi connectivity index (χ1v) is 10.1. The molecule has 0 aromatic carbocycles. The van der Waals surface area contributed by atoms with E-state index < -0.39 is 66.0 Å². The van der Waals surface area contributed by atoms with E-state index in [4.69, 9.17) is 9.47 Å². The van der Waals surface area contributed by atoms with Crippen molar-refractivity contribution in [3.05, 3.63) is 0 Å². The third-order valence-corrected chi connectivity index (χ3v) is 4.41. The molecule has 15 nitrogen and oxygen atoms in total. The normalized spacial score (nSPS) is 16.9. The van der Waals surface area contributed by atoms with Gasteiger partial charge in [-0.2, -0.15) is 0 Å². The monoisotopic (exact) mass is 486 g/mol. The summed E-state index contributed by atoms with van der Waals surface area (Å²) in [5.41, 5.74) is -2.01. The fraction of sp³-hybridized carbons (Fsp3) is 0.579. The summed E-state index contributed by atoms with van der Waals surface area (Å²) < 4.78 is 14.1. The smallest absolute Gasteiger partial charge is 0.448 e. The minimum atomic E-state index is -2.01. The van der Waals surface area contributed by atoms with Crippen LogP contribution in [0, 0.1) is 0 Å². The Hall–Kier alpha value is -4.04. The Labute approximate surface area is 192 Å². The molecule has 0 bridgehead atoms. The lowest BCUT2D eigenvalue weighted by Crippen LogP contribution is -2.44. The highest BCUT2D eigenvalue weighted by atomic mass is 16.8. The predicted octanol–water partition coefficient (Wildman–Crippen LogP) is -0.546. The summed E-state index contributed by atoms with van der Waals surface area (Å²) in [6.07, 6.45) is -3.58. The third kappa shape index (κ3) is 6.49. The Bertz CT molecular complexity index is 893. The second-order valence-corrected chi connectivity index (χ2v) is 7.49. The fourth-order valence-electron chi connectivity index (χ4n) is 2.55. The Morgan fingerprint density at radius 3 is 1.79 bits per heavy atom. The van der Waals surface area contributed by atoms with Gasteiger partial charge in [-0.1, -0.05) is 6.92 Å². The van der Waals surface area contributed by atoms with Gasteiger partial charge in [-0.3, -0.25) is 19.2 Å². The van der Waals surface area contributed by atoms with Crippen molar-refractivity contribution < 1.29 is 62.2 Å². The molecule has 0 N–H and O–H groups in total. The maximum Gasteiger partial charge on any atom is 0.509 e. The van der Waals surface area contributed by atoms with Crippen LogP contribution >= 0.6 is 0 Å². The van der Waals surface area contributed by atoms with Gasteiger partial charge in [0.25, 0.3) is 23.6 Å². The van der Waals surface area contributed by atoms with E-state index in [1.54, 1.807) is 0 Å². The van der Waals surface area contributed by atoms with Crippen LogP contribution in [0.2, 0.25) is 0 Å². The molecule has 15 heteroatoms. The molecule has 1 unspecified atom stereocenters. The van der Waals surface area contributed by atoms with E-state index in [1.165, 1.54) is 6.92 Å². The van der Waals surface area contributed by atoms with Gasteiger partial charge in [-0.05, 0) is 20.3 Å². The highest BCUT2D eigenvalue weighted by molar-refractivity contribution is 6.02. The van der Waals surface area contributed by atoms with Crippen LogP contribution in [0.4, 0.5) is 4.79 Å².